The maximum absolute atomic E-state index is 13.5. The third-order valence-electron chi connectivity index (χ3n) is 2.37. The molecule has 1 heterocycles. The van der Waals surface area contributed by atoms with Crippen molar-refractivity contribution in [3.63, 3.8) is 0 Å². The van der Waals surface area contributed by atoms with Crippen LogP contribution < -0.4 is 4.74 Å². The zero-order valence-corrected chi connectivity index (χ0v) is 11.0. The minimum Gasteiger partial charge on any atom is -0.484 e. The second kappa shape index (κ2) is 5.93. The van der Waals surface area contributed by atoms with Gasteiger partial charge in [0.05, 0.1) is 12.3 Å². The minimum absolute atomic E-state index is 0.0738. The van der Waals surface area contributed by atoms with Gasteiger partial charge in [-0.2, -0.15) is 0 Å². The van der Waals surface area contributed by atoms with E-state index in [4.69, 9.17) is 9.84 Å². The van der Waals surface area contributed by atoms with Crippen molar-refractivity contribution < 1.29 is 14.2 Å². The van der Waals surface area contributed by atoms with Gasteiger partial charge in [0, 0.05) is 16.2 Å². The highest BCUT2D eigenvalue weighted by molar-refractivity contribution is 9.10. The molecule has 5 heteroatoms. The third kappa shape index (κ3) is 3.05. The van der Waals surface area contributed by atoms with E-state index in [2.05, 4.69) is 20.9 Å². The van der Waals surface area contributed by atoms with E-state index in [0.717, 1.165) is 4.47 Å². The van der Waals surface area contributed by atoms with Crippen LogP contribution in [-0.2, 0) is 13.2 Å². The summed E-state index contributed by atoms with van der Waals surface area (Å²) in [6, 6.07) is 8.06. The number of ether oxygens (including phenoxy) is 1. The van der Waals surface area contributed by atoms with E-state index in [9.17, 15) is 4.39 Å². The van der Waals surface area contributed by atoms with Crippen LogP contribution in [0.1, 0.15) is 11.3 Å². The molecule has 2 rings (SSSR count). The van der Waals surface area contributed by atoms with Crippen molar-refractivity contribution in [1.82, 2.24) is 4.98 Å². The largest absolute Gasteiger partial charge is 0.484 e. The van der Waals surface area contributed by atoms with E-state index in [1.54, 1.807) is 18.3 Å². The zero-order chi connectivity index (χ0) is 13.0. The Morgan fingerprint density at radius 3 is 2.78 bits per heavy atom. The molecule has 0 amide bonds. The van der Waals surface area contributed by atoms with E-state index in [0.29, 0.717) is 11.3 Å². The lowest BCUT2D eigenvalue weighted by atomic mass is 10.2. The van der Waals surface area contributed by atoms with Crippen molar-refractivity contribution in [2.75, 3.05) is 0 Å². The lowest BCUT2D eigenvalue weighted by molar-refractivity contribution is 0.249. The van der Waals surface area contributed by atoms with Crippen molar-refractivity contribution >= 4 is 15.9 Å². The fourth-order valence-corrected chi connectivity index (χ4v) is 1.71. The summed E-state index contributed by atoms with van der Waals surface area (Å²) in [7, 11) is 0. The van der Waals surface area contributed by atoms with Crippen molar-refractivity contribution in [2.24, 2.45) is 0 Å². The van der Waals surface area contributed by atoms with Gasteiger partial charge >= 0.3 is 0 Å². The highest BCUT2D eigenvalue weighted by Gasteiger charge is 2.09. The second-order valence-electron chi connectivity index (χ2n) is 3.64. The van der Waals surface area contributed by atoms with E-state index in [1.807, 2.05) is 6.07 Å². The van der Waals surface area contributed by atoms with Crippen molar-refractivity contribution in [2.45, 2.75) is 13.2 Å². The Balaban J connectivity index is 2.12. The van der Waals surface area contributed by atoms with Crippen LogP contribution in [0.3, 0.4) is 0 Å². The smallest absolute Gasteiger partial charge is 0.165 e. The number of benzene rings is 1. The van der Waals surface area contributed by atoms with Gasteiger partial charge in [-0.3, -0.25) is 4.98 Å². The van der Waals surface area contributed by atoms with Crippen LogP contribution in [0, 0.1) is 5.82 Å². The van der Waals surface area contributed by atoms with Gasteiger partial charge in [-0.25, -0.2) is 4.39 Å². The molecule has 1 aromatic carbocycles. The average molecular weight is 312 g/mol. The molecule has 18 heavy (non-hydrogen) atoms. The maximum atomic E-state index is 13.5. The Kier molecular flexibility index (Phi) is 4.28. The molecule has 94 valence electrons. The van der Waals surface area contributed by atoms with Crippen LogP contribution in [0.2, 0.25) is 0 Å². The molecule has 0 aliphatic carbocycles. The molecule has 0 aliphatic heterocycles. The predicted octanol–water partition coefficient (Wildman–Crippen LogP) is 3.05. The Morgan fingerprint density at radius 1 is 1.28 bits per heavy atom. The third-order valence-corrected chi connectivity index (χ3v) is 2.84. The number of aromatic nitrogens is 1. The summed E-state index contributed by atoms with van der Waals surface area (Å²) < 4.78 is 19.8. The van der Waals surface area contributed by atoms with Crippen LogP contribution in [0.4, 0.5) is 4.39 Å². The number of pyridine rings is 1. The Labute approximate surface area is 112 Å². The van der Waals surface area contributed by atoms with Crippen LogP contribution in [0.15, 0.2) is 41.0 Å². The monoisotopic (exact) mass is 311 g/mol. The molecular formula is C13H11BrFNO2. The summed E-state index contributed by atoms with van der Waals surface area (Å²) in [6.45, 7) is -0.109. The van der Waals surface area contributed by atoms with Gasteiger partial charge in [-0.15, -0.1) is 0 Å². The Bertz CT molecular complexity index is 531. The van der Waals surface area contributed by atoms with Crippen LogP contribution >= 0.6 is 15.9 Å². The molecule has 2 aromatic rings. The van der Waals surface area contributed by atoms with E-state index in [1.165, 1.54) is 12.1 Å². The number of hydrogen-bond donors (Lipinski definition) is 1. The number of halogens is 2. The fourth-order valence-electron chi connectivity index (χ4n) is 1.48. The second-order valence-corrected chi connectivity index (χ2v) is 4.56. The number of rotatable bonds is 4. The van der Waals surface area contributed by atoms with Gasteiger partial charge in [0.25, 0.3) is 0 Å². The molecule has 0 saturated heterocycles. The van der Waals surface area contributed by atoms with Crippen LogP contribution in [-0.4, -0.2) is 10.1 Å². The topological polar surface area (TPSA) is 42.4 Å². The van der Waals surface area contributed by atoms with Crippen LogP contribution in [0.5, 0.6) is 5.75 Å². The molecule has 0 radical (unpaired) electrons. The molecular weight excluding hydrogens is 301 g/mol. The summed E-state index contributed by atoms with van der Waals surface area (Å²) in [5.74, 6) is -0.414. The standard InChI is InChI=1S/C13H11BrFNO2/c14-10-4-5-11(16-6-10)8-18-13-9(7-17)2-1-3-12(13)15/h1-6,17H,7-8H2. The molecule has 0 bridgehead atoms. The van der Waals surface area contributed by atoms with Crippen molar-refractivity contribution in [3.8, 4) is 5.75 Å². The lowest BCUT2D eigenvalue weighted by Crippen LogP contribution is -2.02. The normalized spacial score (nSPS) is 10.4. The molecule has 0 atom stereocenters. The minimum atomic E-state index is -0.487. The molecule has 1 aromatic heterocycles. The molecule has 0 fully saturated rings. The average Bonchev–Trinajstić information content (AvgIpc) is 2.39. The first-order valence-electron chi connectivity index (χ1n) is 5.32. The fraction of sp³-hybridized carbons (Fsp3) is 0.154. The number of para-hydroxylation sites is 1. The van der Waals surface area contributed by atoms with Gasteiger partial charge in [0.15, 0.2) is 11.6 Å². The van der Waals surface area contributed by atoms with Gasteiger partial charge in [0.1, 0.15) is 6.61 Å². The Morgan fingerprint density at radius 2 is 2.11 bits per heavy atom. The van der Waals surface area contributed by atoms with Gasteiger partial charge in [-0.1, -0.05) is 12.1 Å². The van der Waals surface area contributed by atoms with Gasteiger partial charge in [0.2, 0.25) is 0 Å². The summed E-state index contributed by atoms with van der Waals surface area (Å²) in [4.78, 5) is 4.12. The molecule has 1 N–H and O–H groups in total. The highest BCUT2D eigenvalue weighted by atomic mass is 79.9. The van der Waals surface area contributed by atoms with Crippen LogP contribution in [0.25, 0.3) is 0 Å². The molecule has 0 saturated carbocycles. The zero-order valence-electron chi connectivity index (χ0n) is 9.44. The summed E-state index contributed by atoms with van der Waals surface area (Å²) in [5, 5.41) is 9.11. The van der Waals surface area contributed by atoms with Crippen molar-refractivity contribution in [3.05, 3.63) is 58.1 Å². The quantitative estimate of drug-likeness (QED) is 0.943. The van der Waals surface area contributed by atoms with E-state index in [-0.39, 0.29) is 19.0 Å². The first-order valence-corrected chi connectivity index (χ1v) is 6.11. The van der Waals surface area contributed by atoms with Gasteiger partial charge < -0.3 is 9.84 Å². The van der Waals surface area contributed by atoms with E-state index >= 15 is 0 Å². The Hall–Kier alpha value is -1.46. The predicted molar refractivity (Wildman–Crippen MR) is 68.6 cm³/mol. The SMILES string of the molecule is OCc1cccc(F)c1OCc1ccc(Br)cn1. The number of nitrogens with zero attached hydrogens (tertiary/aromatic N) is 1. The first-order chi connectivity index (χ1) is 8.70. The van der Waals surface area contributed by atoms with Crippen molar-refractivity contribution in [1.29, 1.82) is 0 Å². The molecule has 3 nitrogen and oxygen atoms in total. The molecule has 0 unspecified atom stereocenters. The summed E-state index contributed by atoms with van der Waals surface area (Å²) in [5.41, 5.74) is 1.11. The molecule has 0 spiro atoms. The first kappa shape index (κ1) is 13.0. The number of aliphatic hydroxyl groups excluding tert-OH is 1. The molecule has 0 aliphatic rings. The lowest BCUT2D eigenvalue weighted by Gasteiger charge is -2.10. The van der Waals surface area contributed by atoms with E-state index < -0.39 is 5.82 Å². The highest BCUT2D eigenvalue weighted by Crippen LogP contribution is 2.23. The summed E-state index contributed by atoms with van der Waals surface area (Å²) in [6.07, 6.45) is 1.65. The number of hydrogen-bond acceptors (Lipinski definition) is 3. The summed E-state index contributed by atoms with van der Waals surface area (Å²) >= 11 is 3.28. The van der Waals surface area contributed by atoms with Gasteiger partial charge in [-0.05, 0) is 34.1 Å². The number of aliphatic hydroxyl groups is 1. The maximum Gasteiger partial charge on any atom is 0.165 e.